The second-order valence-corrected chi connectivity index (χ2v) is 4.09. The minimum absolute atomic E-state index is 0.0382. The normalized spacial score (nSPS) is 12.0. The van der Waals surface area contributed by atoms with Crippen LogP contribution in [0.1, 0.15) is 16.4 Å². The molecule has 7 nitrogen and oxygen atoms in total. The maximum Gasteiger partial charge on any atom is 0.471 e. The fourth-order valence-electron chi connectivity index (χ4n) is 1.70. The number of aromatic nitrogens is 4. The maximum absolute atomic E-state index is 12.4. The highest BCUT2D eigenvalue weighted by atomic mass is 19.4. The number of alkyl halides is 3. The van der Waals surface area contributed by atoms with Crippen LogP contribution in [-0.2, 0) is 6.18 Å². The van der Waals surface area contributed by atoms with Crippen LogP contribution in [0.5, 0.6) is 0 Å². The van der Waals surface area contributed by atoms with Crippen molar-refractivity contribution in [3.63, 3.8) is 0 Å². The number of primary amides is 1. The summed E-state index contributed by atoms with van der Waals surface area (Å²) in [6.45, 7) is 0. The first-order valence-corrected chi connectivity index (χ1v) is 5.54. The summed E-state index contributed by atoms with van der Waals surface area (Å²) >= 11 is 0. The van der Waals surface area contributed by atoms with E-state index in [4.69, 9.17) is 5.73 Å². The minimum Gasteiger partial charge on any atom is -0.364 e. The van der Waals surface area contributed by atoms with Gasteiger partial charge in [0.2, 0.25) is 5.82 Å². The molecule has 3 aromatic heterocycles. The first-order chi connectivity index (χ1) is 9.84. The van der Waals surface area contributed by atoms with Crippen molar-refractivity contribution in [2.45, 2.75) is 6.18 Å². The Morgan fingerprint density at radius 2 is 2.00 bits per heavy atom. The topological polar surface area (TPSA) is 99.3 Å². The summed E-state index contributed by atoms with van der Waals surface area (Å²) in [6, 6.07) is 2.95. The second-order valence-electron chi connectivity index (χ2n) is 4.09. The highest BCUT2D eigenvalue weighted by molar-refractivity contribution is 5.91. The smallest absolute Gasteiger partial charge is 0.364 e. The van der Waals surface area contributed by atoms with Gasteiger partial charge in [-0.15, -0.1) is 0 Å². The number of imidazole rings is 1. The lowest BCUT2D eigenvalue weighted by Crippen LogP contribution is -2.10. The van der Waals surface area contributed by atoms with Crippen LogP contribution in [0.3, 0.4) is 0 Å². The Morgan fingerprint density at radius 1 is 1.24 bits per heavy atom. The fraction of sp³-hybridized carbons (Fsp3) is 0.0909. The monoisotopic (exact) mass is 297 g/mol. The van der Waals surface area contributed by atoms with Crippen molar-refractivity contribution in [2.75, 3.05) is 0 Å². The Morgan fingerprint density at radius 3 is 2.62 bits per heavy atom. The first kappa shape index (κ1) is 13.1. The number of nitrogens with two attached hydrogens (primary N) is 1. The molecule has 0 bridgehead atoms. The van der Waals surface area contributed by atoms with Gasteiger partial charge in [0.15, 0.2) is 0 Å². The van der Waals surface area contributed by atoms with E-state index in [0.717, 1.165) is 0 Å². The van der Waals surface area contributed by atoms with Gasteiger partial charge in [-0.25, -0.2) is 4.98 Å². The minimum atomic E-state index is -4.70. The van der Waals surface area contributed by atoms with Crippen molar-refractivity contribution < 1.29 is 22.5 Å². The zero-order valence-corrected chi connectivity index (χ0v) is 10.1. The van der Waals surface area contributed by atoms with E-state index in [1.165, 1.54) is 28.9 Å². The molecule has 0 saturated carbocycles. The number of rotatable bonds is 2. The standard InChI is InChI=1S/C11H6F3N5O2/c12-11(13,14)10-17-9(18-21-10)5-1-2-7-16-6(8(15)20)4-19(7)3-5/h1-4H,(H2,15,20). The third-order valence-corrected chi connectivity index (χ3v) is 2.63. The van der Waals surface area contributed by atoms with Crippen LogP contribution in [0, 0.1) is 0 Å². The van der Waals surface area contributed by atoms with Gasteiger partial charge in [0.1, 0.15) is 11.3 Å². The molecule has 0 aliphatic carbocycles. The quantitative estimate of drug-likeness (QED) is 0.772. The predicted octanol–water partition coefficient (Wildman–Crippen LogP) is 1.50. The van der Waals surface area contributed by atoms with Crippen molar-refractivity contribution in [1.82, 2.24) is 19.5 Å². The van der Waals surface area contributed by atoms with Crippen LogP contribution in [0.25, 0.3) is 17.0 Å². The molecular formula is C11H6F3N5O2. The van der Waals surface area contributed by atoms with Gasteiger partial charge in [0.25, 0.3) is 5.91 Å². The van der Waals surface area contributed by atoms with E-state index >= 15 is 0 Å². The Balaban J connectivity index is 2.04. The number of halogens is 3. The second kappa shape index (κ2) is 4.30. The predicted molar refractivity (Wildman–Crippen MR) is 62.0 cm³/mol. The van der Waals surface area contributed by atoms with Gasteiger partial charge >= 0.3 is 12.1 Å². The number of nitrogens with zero attached hydrogens (tertiary/aromatic N) is 4. The van der Waals surface area contributed by atoms with Gasteiger partial charge in [-0.05, 0) is 12.1 Å². The van der Waals surface area contributed by atoms with E-state index in [1.54, 1.807) is 0 Å². The molecule has 0 aliphatic heterocycles. The van der Waals surface area contributed by atoms with Crippen LogP contribution < -0.4 is 5.73 Å². The number of carbonyl (C=O) groups excluding carboxylic acids is 1. The number of fused-ring (bicyclic) bond motifs is 1. The molecule has 10 heteroatoms. The summed E-state index contributed by atoms with van der Waals surface area (Å²) in [5.74, 6) is -2.36. The highest BCUT2D eigenvalue weighted by Gasteiger charge is 2.38. The Labute approximate surface area is 114 Å². The van der Waals surface area contributed by atoms with Gasteiger partial charge < -0.3 is 14.7 Å². The van der Waals surface area contributed by atoms with Gasteiger partial charge in [-0.2, -0.15) is 18.2 Å². The molecule has 1 amide bonds. The maximum atomic E-state index is 12.4. The van der Waals surface area contributed by atoms with Crippen LogP contribution in [0.2, 0.25) is 0 Å². The zero-order valence-electron chi connectivity index (χ0n) is 10.1. The van der Waals surface area contributed by atoms with Crippen molar-refractivity contribution in [2.24, 2.45) is 5.73 Å². The Bertz CT molecular complexity index is 836. The van der Waals surface area contributed by atoms with E-state index < -0.39 is 18.0 Å². The first-order valence-electron chi connectivity index (χ1n) is 5.54. The lowest BCUT2D eigenvalue weighted by atomic mass is 10.3. The van der Waals surface area contributed by atoms with Gasteiger partial charge in [0, 0.05) is 18.0 Å². The van der Waals surface area contributed by atoms with Crippen LogP contribution in [0.15, 0.2) is 29.0 Å². The largest absolute Gasteiger partial charge is 0.471 e. The molecule has 0 saturated heterocycles. The Hall–Kier alpha value is -2.91. The summed E-state index contributed by atoms with van der Waals surface area (Å²) in [5, 5.41) is 3.27. The van der Waals surface area contributed by atoms with Gasteiger partial charge in [-0.1, -0.05) is 5.16 Å². The van der Waals surface area contributed by atoms with Crippen molar-refractivity contribution in [3.8, 4) is 11.4 Å². The van der Waals surface area contributed by atoms with Crippen molar-refractivity contribution in [1.29, 1.82) is 0 Å². The molecule has 21 heavy (non-hydrogen) atoms. The van der Waals surface area contributed by atoms with E-state index in [9.17, 15) is 18.0 Å². The van der Waals surface area contributed by atoms with Crippen LogP contribution in [-0.4, -0.2) is 25.4 Å². The molecule has 0 spiro atoms. The van der Waals surface area contributed by atoms with Crippen molar-refractivity contribution >= 4 is 11.6 Å². The van der Waals surface area contributed by atoms with E-state index in [0.29, 0.717) is 5.65 Å². The van der Waals surface area contributed by atoms with E-state index in [-0.39, 0.29) is 17.1 Å². The average molecular weight is 297 g/mol. The molecular weight excluding hydrogens is 291 g/mol. The highest BCUT2D eigenvalue weighted by Crippen LogP contribution is 2.29. The molecule has 0 fully saturated rings. The summed E-state index contributed by atoms with van der Waals surface area (Å²) in [5.41, 5.74) is 5.82. The Kier molecular flexibility index (Phi) is 2.68. The number of carbonyl (C=O) groups is 1. The van der Waals surface area contributed by atoms with Crippen LogP contribution in [0.4, 0.5) is 13.2 Å². The molecule has 3 aromatic rings. The molecule has 0 atom stereocenters. The summed E-state index contributed by atoms with van der Waals surface area (Å²) in [4.78, 5) is 18.2. The summed E-state index contributed by atoms with van der Waals surface area (Å²) in [7, 11) is 0. The molecule has 2 N–H and O–H groups in total. The molecule has 0 aromatic carbocycles. The molecule has 0 aliphatic rings. The van der Waals surface area contributed by atoms with Gasteiger partial charge in [-0.3, -0.25) is 4.79 Å². The fourth-order valence-corrected chi connectivity index (χ4v) is 1.70. The lowest BCUT2D eigenvalue weighted by molar-refractivity contribution is -0.159. The van der Waals surface area contributed by atoms with E-state index in [2.05, 4.69) is 19.6 Å². The summed E-state index contributed by atoms with van der Waals surface area (Å²) < 4.78 is 42.8. The molecule has 3 heterocycles. The third kappa shape index (κ3) is 2.30. The van der Waals surface area contributed by atoms with Crippen molar-refractivity contribution in [3.05, 3.63) is 36.1 Å². The zero-order chi connectivity index (χ0) is 15.2. The number of pyridine rings is 1. The van der Waals surface area contributed by atoms with Gasteiger partial charge in [0.05, 0.1) is 0 Å². The number of hydrogen-bond acceptors (Lipinski definition) is 5. The third-order valence-electron chi connectivity index (χ3n) is 2.63. The SMILES string of the molecule is NC(=O)c1cn2cc(-c3noc(C(F)(F)F)n3)ccc2n1. The number of amides is 1. The lowest BCUT2D eigenvalue weighted by Gasteiger charge is -1.97. The molecule has 3 rings (SSSR count). The van der Waals surface area contributed by atoms with Crippen LogP contribution >= 0.6 is 0 Å². The summed E-state index contributed by atoms with van der Waals surface area (Å²) in [6.07, 6.45) is -1.94. The van der Waals surface area contributed by atoms with E-state index in [1.807, 2.05) is 0 Å². The molecule has 108 valence electrons. The molecule has 0 unspecified atom stereocenters. The molecule has 0 radical (unpaired) electrons. The average Bonchev–Trinajstić information content (AvgIpc) is 3.04. The number of hydrogen-bond donors (Lipinski definition) is 1.